The van der Waals surface area contributed by atoms with Crippen molar-refractivity contribution in [2.24, 2.45) is 0 Å². The van der Waals surface area contributed by atoms with Crippen LogP contribution in [0.25, 0.3) is 11.0 Å². The van der Waals surface area contributed by atoms with Crippen LogP contribution in [0.2, 0.25) is 0 Å². The van der Waals surface area contributed by atoms with Crippen LogP contribution in [0.4, 0.5) is 5.82 Å². The van der Waals surface area contributed by atoms with Gasteiger partial charge in [0.15, 0.2) is 0 Å². The molecule has 5 heteroatoms. The molecule has 0 saturated heterocycles. The quantitative estimate of drug-likeness (QED) is 0.718. The van der Waals surface area contributed by atoms with Gasteiger partial charge < -0.3 is 15.4 Å². The second kappa shape index (κ2) is 3.26. The molecule has 14 heavy (non-hydrogen) atoms. The summed E-state index contributed by atoms with van der Waals surface area (Å²) in [4.78, 5) is 8.05. The van der Waals surface area contributed by atoms with Crippen molar-refractivity contribution >= 4 is 16.9 Å². The normalized spacial score (nSPS) is 11.0. The van der Waals surface area contributed by atoms with Crippen LogP contribution in [-0.4, -0.2) is 26.2 Å². The van der Waals surface area contributed by atoms with Crippen molar-refractivity contribution < 1.29 is 5.11 Å². The number of nitrogen functional groups attached to an aromatic ring is 1. The van der Waals surface area contributed by atoms with Crippen LogP contribution in [0.1, 0.15) is 5.69 Å². The lowest BCUT2D eigenvalue weighted by molar-refractivity contribution is 0.277. The number of fused-ring (bicyclic) bond motifs is 1. The third-order valence-electron chi connectivity index (χ3n) is 2.25. The highest BCUT2D eigenvalue weighted by molar-refractivity contribution is 5.86. The van der Waals surface area contributed by atoms with E-state index in [2.05, 4.69) is 9.97 Å². The lowest BCUT2D eigenvalue weighted by Gasteiger charge is -2.03. The van der Waals surface area contributed by atoms with Crippen LogP contribution < -0.4 is 5.73 Å². The second-order valence-corrected chi connectivity index (χ2v) is 3.16. The van der Waals surface area contributed by atoms with E-state index in [9.17, 15) is 0 Å². The lowest BCUT2D eigenvalue weighted by Crippen LogP contribution is -2.04. The van der Waals surface area contributed by atoms with E-state index in [4.69, 9.17) is 10.8 Å². The van der Waals surface area contributed by atoms with Crippen LogP contribution in [0.15, 0.2) is 12.4 Å². The number of aryl methyl sites for hydroxylation is 1. The van der Waals surface area contributed by atoms with Gasteiger partial charge in [0, 0.05) is 12.2 Å². The first-order valence-corrected chi connectivity index (χ1v) is 4.41. The number of aliphatic hydroxyl groups is 1. The molecular formula is C9H12N4O. The molecule has 0 spiro atoms. The average Bonchev–Trinajstić information content (AvgIpc) is 2.47. The second-order valence-electron chi connectivity index (χ2n) is 3.16. The molecule has 0 unspecified atom stereocenters. The third-order valence-corrected chi connectivity index (χ3v) is 2.25. The molecule has 0 saturated carbocycles. The molecule has 5 nitrogen and oxygen atoms in total. The maximum Gasteiger partial charge on any atom is 0.145 e. The van der Waals surface area contributed by atoms with Gasteiger partial charge in [-0.15, -0.1) is 0 Å². The van der Waals surface area contributed by atoms with Crippen LogP contribution in [0.5, 0.6) is 0 Å². The topological polar surface area (TPSA) is 77.0 Å². The van der Waals surface area contributed by atoms with Gasteiger partial charge in [-0.25, -0.2) is 9.97 Å². The summed E-state index contributed by atoms with van der Waals surface area (Å²) in [6.45, 7) is 2.58. The van der Waals surface area contributed by atoms with E-state index >= 15 is 0 Å². The Morgan fingerprint density at radius 3 is 3.00 bits per heavy atom. The van der Waals surface area contributed by atoms with Gasteiger partial charge in [0.1, 0.15) is 17.8 Å². The predicted molar refractivity (Wildman–Crippen MR) is 53.8 cm³/mol. The summed E-state index contributed by atoms with van der Waals surface area (Å²) in [5, 5.41) is 9.74. The first kappa shape index (κ1) is 8.96. The lowest BCUT2D eigenvalue weighted by atomic mass is 10.3. The summed E-state index contributed by atoms with van der Waals surface area (Å²) < 4.78 is 1.92. The number of nitrogens with zero attached hydrogens (tertiary/aromatic N) is 3. The number of anilines is 1. The van der Waals surface area contributed by atoms with E-state index < -0.39 is 0 Å². The molecule has 0 atom stereocenters. The fourth-order valence-corrected chi connectivity index (χ4v) is 1.59. The number of nitrogens with two attached hydrogens (primary N) is 1. The SMILES string of the molecule is Cc1cc2c(N)ncnc2n1CCO. The maximum atomic E-state index is 8.90. The Bertz CT molecular complexity index is 463. The Kier molecular flexibility index (Phi) is 2.09. The molecular weight excluding hydrogens is 180 g/mol. The summed E-state index contributed by atoms with van der Waals surface area (Å²) >= 11 is 0. The molecule has 0 radical (unpaired) electrons. The molecule has 0 bridgehead atoms. The molecule has 2 aromatic heterocycles. The number of rotatable bonds is 2. The molecule has 0 amide bonds. The van der Waals surface area contributed by atoms with Crippen molar-refractivity contribution in [3.05, 3.63) is 18.1 Å². The molecule has 2 aromatic rings. The molecule has 74 valence electrons. The summed E-state index contributed by atoms with van der Waals surface area (Å²) in [5.41, 5.74) is 7.52. The zero-order valence-corrected chi connectivity index (χ0v) is 7.94. The molecule has 0 aliphatic rings. The average molecular weight is 192 g/mol. The van der Waals surface area contributed by atoms with Gasteiger partial charge in [0.25, 0.3) is 0 Å². The fourth-order valence-electron chi connectivity index (χ4n) is 1.59. The van der Waals surface area contributed by atoms with Gasteiger partial charge in [0.05, 0.1) is 12.0 Å². The highest BCUT2D eigenvalue weighted by atomic mass is 16.3. The summed E-state index contributed by atoms with van der Waals surface area (Å²) in [5.74, 6) is 0.481. The number of aromatic nitrogens is 3. The summed E-state index contributed by atoms with van der Waals surface area (Å²) in [6.07, 6.45) is 1.44. The van der Waals surface area contributed by atoms with Crippen LogP contribution in [0, 0.1) is 6.92 Å². The molecule has 0 aliphatic carbocycles. The van der Waals surface area contributed by atoms with Crippen molar-refractivity contribution in [3.63, 3.8) is 0 Å². The predicted octanol–water partition coefficient (Wildman–Crippen LogP) is 0.314. The smallest absolute Gasteiger partial charge is 0.145 e. The van der Waals surface area contributed by atoms with Crippen molar-refractivity contribution in [3.8, 4) is 0 Å². The molecule has 0 fully saturated rings. The van der Waals surface area contributed by atoms with E-state index in [0.29, 0.717) is 12.4 Å². The number of hydrogen-bond acceptors (Lipinski definition) is 4. The van der Waals surface area contributed by atoms with Crippen molar-refractivity contribution in [2.75, 3.05) is 12.3 Å². The number of hydrogen-bond donors (Lipinski definition) is 2. The van der Waals surface area contributed by atoms with E-state index in [1.165, 1.54) is 6.33 Å². The first-order valence-electron chi connectivity index (χ1n) is 4.41. The minimum absolute atomic E-state index is 0.0918. The van der Waals surface area contributed by atoms with Crippen LogP contribution in [0.3, 0.4) is 0 Å². The fraction of sp³-hybridized carbons (Fsp3) is 0.333. The van der Waals surface area contributed by atoms with Crippen molar-refractivity contribution in [1.29, 1.82) is 0 Å². The van der Waals surface area contributed by atoms with E-state index in [1.807, 2.05) is 17.6 Å². The van der Waals surface area contributed by atoms with Gasteiger partial charge in [-0.1, -0.05) is 0 Å². The largest absolute Gasteiger partial charge is 0.395 e. The van der Waals surface area contributed by atoms with Crippen LogP contribution >= 0.6 is 0 Å². The Balaban J connectivity index is 2.70. The highest BCUT2D eigenvalue weighted by Gasteiger charge is 2.08. The molecule has 0 aliphatic heterocycles. The highest BCUT2D eigenvalue weighted by Crippen LogP contribution is 2.20. The molecule has 0 aromatic carbocycles. The standard InChI is InChI=1S/C9H12N4O/c1-6-4-7-8(10)11-5-12-9(7)13(6)2-3-14/h4-5,14H,2-3H2,1H3,(H2,10,11,12). The van der Waals surface area contributed by atoms with Crippen molar-refractivity contribution in [1.82, 2.24) is 14.5 Å². The Labute approximate surface area is 81.2 Å². The Morgan fingerprint density at radius 1 is 1.50 bits per heavy atom. The zero-order chi connectivity index (χ0) is 10.1. The zero-order valence-electron chi connectivity index (χ0n) is 7.94. The monoisotopic (exact) mass is 192 g/mol. The molecule has 2 rings (SSSR count). The Morgan fingerprint density at radius 2 is 2.29 bits per heavy atom. The number of aliphatic hydroxyl groups excluding tert-OH is 1. The third kappa shape index (κ3) is 1.22. The van der Waals surface area contributed by atoms with E-state index in [0.717, 1.165) is 16.7 Å². The van der Waals surface area contributed by atoms with Gasteiger partial charge in [-0.3, -0.25) is 0 Å². The van der Waals surface area contributed by atoms with Crippen LogP contribution in [-0.2, 0) is 6.54 Å². The van der Waals surface area contributed by atoms with Gasteiger partial charge >= 0.3 is 0 Å². The van der Waals surface area contributed by atoms with E-state index in [1.54, 1.807) is 0 Å². The Hall–Kier alpha value is -1.62. The minimum Gasteiger partial charge on any atom is -0.395 e. The first-order chi connectivity index (χ1) is 6.74. The summed E-state index contributed by atoms with van der Waals surface area (Å²) in [7, 11) is 0. The summed E-state index contributed by atoms with van der Waals surface area (Å²) in [6, 6.07) is 1.93. The van der Waals surface area contributed by atoms with Crippen molar-refractivity contribution in [2.45, 2.75) is 13.5 Å². The van der Waals surface area contributed by atoms with Gasteiger partial charge in [-0.2, -0.15) is 0 Å². The van der Waals surface area contributed by atoms with Gasteiger partial charge in [-0.05, 0) is 13.0 Å². The minimum atomic E-state index is 0.0918. The molecule has 2 heterocycles. The van der Waals surface area contributed by atoms with E-state index in [-0.39, 0.29) is 6.61 Å². The van der Waals surface area contributed by atoms with Gasteiger partial charge in [0.2, 0.25) is 0 Å². The molecule has 3 N–H and O–H groups in total. The maximum absolute atomic E-state index is 8.90.